The molecule has 0 unspecified atom stereocenters. The summed E-state index contributed by atoms with van der Waals surface area (Å²) in [5.74, 6) is -0.823. The molecule has 0 saturated heterocycles. The monoisotopic (exact) mass is 309 g/mol. The SMILES string of the molecule is C=C(NS(=O)(=O)CCCCCCCCF)C(=O)OCC. The molecular formula is C13H24FNO4S. The van der Waals surface area contributed by atoms with Gasteiger partial charge in [0.25, 0.3) is 0 Å². The maximum absolute atomic E-state index is 11.8. The molecule has 20 heavy (non-hydrogen) atoms. The second kappa shape index (κ2) is 10.7. The summed E-state index contributed by atoms with van der Waals surface area (Å²) in [6, 6.07) is 0. The van der Waals surface area contributed by atoms with Crippen molar-refractivity contribution in [2.24, 2.45) is 0 Å². The van der Waals surface area contributed by atoms with Gasteiger partial charge >= 0.3 is 5.97 Å². The number of hydrogen-bond donors (Lipinski definition) is 1. The molecule has 0 saturated carbocycles. The van der Waals surface area contributed by atoms with E-state index in [4.69, 9.17) is 0 Å². The van der Waals surface area contributed by atoms with Crippen molar-refractivity contribution < 1.29 is 22.3 Å². The lowest BCUT2D eigenvalue weighted by Gasteiger charge is -2.09. The number of sulfonamides is 1. The zero-order valence-corrected chi connectivity index (χ0v) is 12.8. The van der Waals surface area contributed by atoms with E-state index in [2.05, 4.69) is 16.0 Å². The lowest BCUT2D eigenvalue weighted by Crippen LogP contribution is -2.30. The molecule has 0 heterocycles. The van der Waals surface area contributed by atoms with Crippen LogP contribution < -0.4 is 4.72 Å². The van der Waals surface area contributed by atoms with E-state index in [9.17, 15) is 17.6 Å². The highest BCUT2D eigenvalue weighted by atomic mass is 32.2. The van der Waals surface area contributed by atoms with E-state index < -0.39 is 16.0 Å². The molecule has 0 aliphatic carbocycles. The number of unbranched alkanes of at least 4 members (excludes halogenated alkanes) is 5. The molecule has 0 amide bonds. The average molecular weight is 309 g/mol. The summed E-state index contributed by atoms with van der Waals surface area (Å²) in [5.41, 5.74) is -0.269. The maximum Gasteiger partial charge on any atom is 0.354 e. The number of halogens is 1. The van der Waals surface area contributed by atoms with Gasteiger partial charge in [-0.05, 0) is 19.8 Å². The van der Waals surface area contributed by atoms with Gasteiger partial charge in [-0.15, -0.1) is 0 Å². The Morgan fingerprint density at radius 1 is 1.15 bits per heavy atom. The predicted molar refractivity (Wildman–Crippen MR) is 76.4 cm³/mol. The maximum atomic E-state index is 11.8. The Morgan fingerprint density at radius 3 is 2.25 bits per heavy atom. The molecule has 0 atom stereocenters. The highest BCUT2D eigenvalue weighted by Crippen LogP contribution is 2.07. The third-order valence-corrected chi connectivity index (χ3v) is 3.98. The molecule has 0 aliphatic rings. The van der Waals surface area contributed by atoms with E-state index >= 15 is 0 Å². The molecule has 0 aromatic carbocycles. The molecule has 0 aromatic rings. The number of hydrogen-bond acceptors (Lipinski definition) is 4. The number of esters is 1. The third-order valence-electron chi connectivity index (χ3n) is 2.60. The lowest BCUT2D eigenvalue weighted by atomic mass is 10.1. The van der Waals surface area contributed by atoms with Crippen LogP contribution in [0.2, 0.25) is 0 Å². The summed E-state index contributed by atoms with van der Waals surface area (Å²) < 4.78 is 41.9. The van der Waals surface area contributed by atoms with Crippen molar-refractivity contribution in [1.82, 2.24) is 4.72 Å². The van der Waals surface area contributed by atoms with Crippen LogP contribution in [0.1, 0.15) is 45.4 Å². The molecule has 0 rings (SSSR count). The highest BCUT2D eigenvalue weighted by molar-refractivity contribution is 7.89. The number of ether oxygens (including phenoxy) is 1. The Morgan fingerprint density at radius 2 is 1.70 bits per heavy atom. The van der Waals surface area contributed by atoms with Gasteiger partial charge in [-0.25, -0.2) is 13.2 Å². The predicted octanol–water partition coefficient (Wildman–Crippen LogP) is 2.29. The Kier molecular flexibility index (Phi) is 10.1. The Balaban J connectivity index is 3.85. The smallest absolute Gasteiger partial charge is 0.354 e. The van der Waals surface area contributed by atoms with Crippen LogP contribution in [-0.2, 0) is 19.6 Å². The van der Waals surface area contributed by atoms with E-state index in [1.165, 1.54) is 0 Å². The summed E-state index contributed by atoms with van der Waals surface area (Å²) in [5, 5.41) is 0. The summed E-state index contributed by atoms with van der Waals surface area (Å²) >= 11 is 0. The van der Waals surface area contributed by atoms with Gasteiger partial charge in [0, 0.05) is 0 Å². The minimum absolute atomic E-state index is 0.0610. The summed E-state index contributed by atoms with van der Waals surface area (Å²) in [4.78, 5) is 11.2. The van der Waals surface area contributed by atoms with E-state index in [0.29, 0.717) is 12.8 Å². The second-order valence-electron chi connectivity index (χ2n) is 4.43. The van der Waals surface area contributed by atoms with Crippen LogP contribution in [0.25, 0.3) is 0 Å². The van der Waals surface area contributed by atoms with Gasteiger partial charge in [-0.1, -0.05) is 32.3 Å². The van der Waals surface area contributed by atoms with Gasteiger partial charge in [0.15, 0.2) is 0 Å². The molecule has 0 aromatic heterocycles. The minimum atomic E-state index is -3.55. The summed E-state index contributed by atoms with van der Waals surface area (Å²) in [7, 11) is -3.55. The van der Waals surface area contributed by atoms with Gasteiger partial charge in [0.1, 0.15) is 5.70 Å². The lowest BCUT2D eigenvalue weighted by molar-refractivity contribution is -0.138. The topological polar surface area (TPSA) is 72.5 Å². The van der Waals surface area contributed by atoms with Crippen LogP contribution >= 0.6 is 0 Å². The Labute approximate surface area is 120 Å². The minimum Gasteiger partial charge on any atom is -0.461 e. The zero-order chi connectivity index (χ0) is 15.4. The first-order chi connectivity index (χ1) is 9.43. The molecule has 1 N–H and O–H groups in total. The standard InChI is InChI=1S/C13H24FNO4S/c1-3-19-13(16)12(2)15-20(17,18)11-9-7-5-4-6-8-10-14/h15H,2-11H2,1H3. The molecule has 118 valence electrons. The number of alkyl halides is 1. The van der Waals surface area contributed by atoms with Gasteiger partial charge in [0.05, 0.1) is 19.0 Å². The molecule has 5 nitrogen and oxygen atoms in total. The molecule has 0 spiro atoms. The molecule has 7 heteroatoms. The summed E-state index contributed by atoms with van der Waals surface area (Å²) in [6.45, 7) is 4.83. The van der Waals surface area contributed by atoms with Crippen LogP contribution in [-0.4, -0.2) is 33.4 Å². The van der Waals surface area contributed by atoms with Crippen molar-refractivity contribution in [3.05, 3.63) is 12.3 Å². The van der Waals surface area contributed by atoms with Crippen LogP contribution in [0.4, 0.5) is 4.39 Å². The Bertz CT molecular complexity index is 395. The third kappa shape index (κ3) is 9.77. The molecule has 0 bridgehead atoms. The molecule has 0 radical (unpaired) electrons. The first-order valence-electron chi connectivity index (χ1n) is 6.85. The normalized spacial score (nSPS) is 11.1. The van der Waals surface area contributed by atoms with Crippen LogP contribution in [0.3, 0.4) is 0 Å². The van der Waals surface area contributed by atoms with Crippen molar-refractivity contribution in [2.75, 3.05) is 19.0 Å². The number of carbonyl (C=O) groups is 1. The van der Waals surface area contributed by atoms with Gasteiger partial charge in [-0.3, -0.25) is 9.11 Å². The quantitative estimate of drug-likeness (QED) is 0.341. The fourth-order valence-corrected chi connectivity index (χ4v) is 2.74. The fourth-order valence-electron chi connectivity index (χ4n) is 1.59. The average Bonchev–Trinajstić information content (AvgIpc) is 2.37. The highest BCUT2D eigenvalue weighted by Gasteiger charge is 2.16. The van der Waals surface area contributed by atoms with Crippen molar-refractivity contribution in [3.63, 3.8) is 0 Å². The number of carbonyl (C=O) groups excluding carboxylic acids is 1. The van der Waals surface area contributed by atoms with Gasteiger partial charge in [0.2, 0.25) is 10.0 Å². The van der Waals surface area contributed by atoms with Crippen molar-refractivity contribution in [1.29, 1.82) is 0 Å². The number of rotatable bonds is 12. The van der Waals surface area contributed by atoms with Crippen LogP contribution in [0, 0.1) is 0 Å². The van der Waals surface area contributed by atoms with Gasteiger partial charge in [-0.2, -0.15) is 0 Å². The fraction of sp³-hybridized carbons (Fsp3) is 0.769. The number of nitrogens with one attached hydrogen (secondary N) is 1. The summed E-state index contributed by atoms with van der Waals surface area (Å²) in [6.07, 6.45) is 4.46. The van der Waals surface area contributed by atoms with E-state index in [0.717, 1.165) is 25.7 Å². The Hall–Kier alpha value is -1.11. The van der Waals surface area contributed by atoms with Crippen LogP contribution in [0.15, 0.2) is 12.3 Å². The van der Waals surface area contributed by atoms with Crippen molar-refractivity contribution in [3.8, 4) is 0 Å². The van der Waals surface area contributed by atoms with Gasteiger partial charge < -0.3 is 4.74 Å². The second-order valence-corrected chi connectivity index (χ2v) is 6.27. The molecular weight excluding hydrogens is 285 g/mol. The molecule has 0 fully saturated rings. The first kappa shape index (κ1) is 18.9. The van der Waals surface area contributed by atoms with Crippen molar-refractivity contribution in [2.45, 2.75) is 45.4 Å². The van der Waals surface area contributed by atoms with E-state index in [1.54, 1.807) is 6.92 Å². The van der Waals surface area contributed by atoms with E-state index in [-0.39, 0.29) is 24.7 Å². The first-order valence-corrected chi connectivity index (χ1v) is 8.50. The molecule has 0 aliphatic heterocycles. The van der Waals surface area contributed by atoms with E-state index in [1.807, 2.05) is 0 Å². The zero-order valence-electron chi connectivity index (χ0n) is 12.0. The largest absolute Gasteiger partial charge is 0.461 e. The van der Waals surface area contributed by atoms with Crippen LogP contribution in [0.5, 0.6) is 0 Å². The van der Waals surface area contributed by atoms with Crippen molar-refractivity contribution >= 4 is 16.0 Å².